The Labute approximate surface area is 219 Å². The number of benzene rings is 2. The van der Waals surface area contributed by atoms with Gasteiger partial charge in [0.25, 0.3) is 5.91 Å². The Hall–Kier alpha value is -3.22. The molecule has 0 spiro atoms. The first-order valence-electron chi connectivity index (χ1n) is 12.1. The van der Waals surface area contributed by atoms with E-state index in [0.29, 0.717) is 16.9 Å². The van der Waals surface area contributed by atoms with Crippen molar-refractivity contribution in [3.8, 4) is 5.75 Å². The number of carbonyl (C=O) groups excluding carboxylic acids is 2. The van der Waals surface area contributed by atoms with E-state index in [1.54, 1.807) is 14.0 Å². The number of carbonyl (C=O) groups is 2. The van der Waals surface area contributed by atoms with Crippen LogP contribution in [0.2, 0.25) is 0 Å². The minimum atomic E-state index is -3.76. The van der Waals surface area contributed by atoms with Crippen LogP contribution >= 0.6 is 11.3 Å². The van der Waals surface area contributed by atoms with Crippen LogP contribution in [0.1, 0.15) is 30.6 Å². The number of aryl methyl sites for hydroxylation is 1. The lowest BCUT2D eigenvalue weighted by molar-refractivity contribution is 0.0933. The summed E-state index contributed by atoms with van der Waals surface area (Å²) in [6.45, 7) is 5.60. The van der Waals surface area contributed by atoms with E-state index in [9.17, 15) is 18.0 Å². The van der Waals surface area contributed by atoms with E-state index in [-0.39, 0.29) is 37.7 Å². The molecule has 0 atom stereocenters. The topological polar surface area (TPSA) is 111 Å². The number of ether oxygens (including phenoxy) is 2. The van der Waals surface area contributed by atoms with Crippen LogP contribution in [0.5, 0.6) is 5.75 Å². The highest BCUT2D eigenvalue weighted by molar-refractivity contribution is 7.89. The first-order valence-corrected chi connectivity index (χ1v) is 14.3. The van der Waals surface area contributed by atoms with Crippen molar-refractivity contribution in [3.05, 3.63) is 52.8 Å². The normalized spacial score (nSPS) is 15.2. The summed E-state index contributed by atoms with van der Waals surface area (Å²) in [4.78, 5) is 31.4. The largest absolute Gasteiger partial charge is 0.497 e. The quantitative estimate of drug-likeness (QED) is 0.450. The molecule has 0 aliphatic carbocycles. The van der Waals surface area contributed by atoms with Crippen molar-refractivity contribution in [2.45, 2.75) is 31.7 Å². The van der Waals surface area contributed by atoms with Crippen LogP contribution < -0.4 is 9.54 Å². The van der Waals surface area contributed by atoms with Crippen LogP contribution in [0, 0.1) is 0 Å². The second kappa shape index (κ2) is 11.4. The summed E-state index contributed by atoms with van der Waals surface area (Å²) in [5.74, 6) is 0.280. The van der Waals surface area contributed by atoms with E-state index >= 15 is 0 Å². The summed E-state index contributed by atoms with van der Waals surface area (Å²) in [5, 5.41) is 0. The summed E-state index contributed by atoms with van der Waals surface area (Å²) in [6, 6.07) is 11.5. The van der Waals surface area contributed by atoms with E-state index in [1.165, 1.54) is 44.8 Å². The Balaban J connectivity index is 1.53. The summed E-state index contributed by atoms with van der Waals surface area (Å²) in [6.07, 6.45) is 0.426. The minimum absolute atomic E-state index is 0.0867. The summed E-state index contributed by atoms with van der Waals surface area (Å²) in [5.41, 5.74) is 1.24. The highest BCUT2D eigenvalue weighted by atomic mass is 32.2. The molecule has 0 bridgehead atoms. The van der Waals surface area contributed by atoms with Gasteiger partial charge in [-0.25, -0.2) is 13.2 Å². The van der Waals surface area contributed by atoms with Crippen LogP contribution in [0.25, 0.3) is 10.2 Å². The molecule has 1 saturated heterocycles. The Bertz CT molecular complexity index is 1450. The fourth-order valence-corrected chi connectivity index (χ4v) is 6.55. The molecule has 1 aliphatic heterocycles. The molecule has 4 rings (SSSR count). The number of aromatic nitrogens is 1. The highest BCUT2D eigenvalue weighted by Crippen LogP contribution is 2.24. The van der Waals surface area contributed by atoms with Gasteiger partial charge in [-0.2, -0.15) is 9.30 Å². The lowest BCUT2D eigenvalue weighted by Crippen LogP contribution is -2.50. The van der Waals surface area contributed by atoms with E-state index in [1.807, 2.05) is 22.8 Å². The standard InChI is InChI=1S/C25H30N4O6S2/c1-4-12-29-21-17-19(34-3)8-11-22(21)36-24(29)26-23(30)18-6-9-20(10-7-18)37(32,33)28-15-13-27(14-16-28)25(31)35-5-2/h6-11,17H,4-5,12-16H2,1-3H3. The first kappa shape index (κ1) is 26.8. The van der Waals surface area contributed by atoms with Gasteiger partial charge in [0.1, 0.15) is 5.75 Å². The fraction of sp³-hybridized carbons (Fsp3) is 0.400. The lowest BCUT2D eigenvalue weighted by atomic mass is 10.2. The van der Waals surface area contributed by atoms with Gasteiger partial charge in [0.15, 0.2) is 4.80 Å². The number of piperazine rings is 1. The molecule has 0 saturated carbocycles. The third-order valence-corrected chi connectivity index (χ3v) is 9.01. The Morgan fingerprint density at radius 1 is 1.03 bits per heavy atom. The number of sulfonamides is 1. The third-order valence-electron chi connectivity index (χ3n) is 6.04. The average molecular weight is 547 g/mol. The number of hydrogen-bond donors (Lipinski definition) is 0. The number of nitrogens with zero attached hydrogens (tertiary/aromatic N) is 4. The van der Waals surface area contributed by atoms with Gasteiger partial charge >= 0.3 is 6.09 Å². The van der Waals surface area contributed by atoms with Crippen LogP contribution in [0.4, 0.5) is 4.79 Å². The van der Waals surface area contributed by atoms with Crippen LogP contribution in [0.15, 0.2) is 52.4 Å². The van der Waals surface area contributed by atoms with E-state index in [2.05, 4.69) is 11.9 Å². The molecule has 0 unspecified atom stereocenters. The predicted molar refractivity (Wildman–Crippen MR) is 140 cm³/mol. The van der Waals surface area contributed by atoms with Gasteiger partial charge < -0.3 is 18.9 Å². The Morgan fingerprint density at radius 2 is 1.73 bits per heavy atom. The van der Waals surface area contributed by atoms with Crippen LogP contribution in [-0.4, -0.2) is 74.1 Å². The van der Waals surface area contributed by atoms with E-state index < -0.39 is 22.0 Å². The van der Waals surface area contributed by atoms with Crippen molar-refractivity contribution in [2.24, 2.45) is 4.99 Å². The number of thiazole rings is 1. The maximum atomic E-state index is 13.1. The molecule has 37 heavy (non-hydrogen) atoms. The predicted octanol–water partition coefficient (Wildman–Crippen LogP) is 3.33. The van der Waals surface area contributed by atoms with Crippen molar-refractivity contribution >= 4 is 43.6 Å². The maximum Gasteiger partial charge on any atom is 0.409 e. The monoisotopic (exact) mass is 546 g/mol. The zero-order valence-electron chi connectivity index (χ0n) is 21.0. The summed E-state index contributed by atoms with van der Waals surface area (Å²) < 4.78 is 40.9. The zero-order chi connectivity index (χ0) is 26.6. The second-order valence-electron chi connectivity index (χ2n) is 8.40. The number of methoxy groups -OCH3 is 1. The smallest absolute Gasteiger partial charge is 0.409 e. The molecule has 198 valence electrons. The number of fused-ring (bicyclic) bond motifs is 1. The molecule has 12 heteroatoms. The average Bonchev–Trinajstić information content (AvgIpc) is 3.25. The van der Waals surface area contributed by atoms with Crippen LogP contribution in [0.3, 0.4) is 0 Å². The molecule has 10 nitrogen and oxygen atoms in total. The molecule has 1 aliphatic rings. The highest BCUT2D eigenvalue weighted by Gasteiger charge is 2.30. The van der Waals surface area contributed by atoms with Gasteiger partial charge in [0.05, 0.1) is 28.8 Å². The van der Waals surface area contributed by atoms with Gasteiger partial charge in [-0.05, 0) is 49.7 Å². The molecule has 3 aromatic rings. The maximum absolute atomic E-state index is 13.1. The number of hydrogen-bond acceptors (Lipinski definition) is 7. The van der Waals surface area contributed by atoms with Gasteiger partial charge in [-0.15, -0.1) is 0 Å². The molecule has 1 aromatic heterocycles. The fourth-order valence-electron chi connectivity index (χ4n) is 4.10. The minimum Gasteiger partial charge on any atom is -0.497 e. The molecule has 2 aromatic carbocycles. The van der Waals surface area contributed by atoms with Crippen molar-refractivity contribution < 1.29 is 27.5 Å². The molecular weight excluding hydrogens is 516 g/mol. The summed E-state index contributed by atoms with van der Waals surface area (Å²) in [7, 11) is -2.15. The van der Waals surface area contributed by atoms with E-state index in [0.717, 1.165) is 22.4 Å². The van der Waals surface area contributed by atoms with Crippen molar-refractivity contribution in [1.82, 2.24) is 13.8 Å². The zero-order valence-corrected chi connectivity index (χ0v) is 22.7. The third kappa shape index (κ3) is 5.71. The number of rotatable bonds is 7. The SMILES string of the molecule is CCCn1c(=NC(=O)c2ccc(S(=O)(=O)N3CCN(C(=O)OCC)CC3)cc2)sc2ccc(OC)cc21. The van der Waals surface area contributed by atoms with E-state index in [4.69, 9.17) is 9.47 Å². The van der Waals surface area contributed by atoms with Gasteiger partial charge in [0.2, 0.25) is 10.0 Å². The molecule has 2 amide bonds. The van der Waals surface area contributed by atoms with Crippen molar-refractivity contribution in [2.75, 3.05) is 39.9 Å². The lowest BCUT2D eigenvalue weighted by Gasteiger charge is -2.33. The van der Waals surface area contributed by atoms with Crippen LogP contribution in [-0.2, 0) is 21.3 Å². The van der Waals surface area contributed by atoms with Crippen molar-refractivity contribution in [3.63, 3.8) is 0 Å². The van der Waals surface area contributed by atoms with Gasteiger partial charge in [0, 0.05) is 44.4 Å². The van der Waals surface area contributed by atoms with Crippen molar-refractivity contribution in [1.29, 1.82) is 0 Å². The van der Waals surface area contributed by atoms with Gasteiger partial charge in [-0.3, -0.25) is 4.79 Å². The molecule has 0 radical (unpaired) electrons. The molecule has 1 fully saturated rings. The Kier molecular flexibility index (Phi) is 8.30. The van der Waals surface area contributed by atoms with Gasteiger partial charge in [-0.1, -0.05) is 18.3 Å². The molecule has 2 heterocycles. The molecule has 0 N–H and O–H groups in total. The summed E-state index contributed by atoms with van der Waals surface area (Å²) >= 11 is 1.42. The number of amides is 2. The molecular formula is C25H30N4O6S2. The second-order valence-corrected chi connectivity index (χ2v) is 11.3. The first-order chi connectivity index (χ1) is 17.8. The Morgan fingerprint density at radius 3 is 2.35 bits per heavy atom.